The quantitative estimate of drug-likeness (QED) is 0.310. The fourth-order valence-corrected chi connectivity index (χ4v) is 5.17. The normalized spacial score (nSPS) is 13.3. The molecule has 0 saturated heterocycles. The number of carbonyl (C=O) groups is 2. The summed E-state index contributed by atoms with van der Waals surface area (Å²) in [5.41, 5.74) is 1.40. The molecule has 4 rings (SSSR count). The van der Waals surface area contributed by atoms with Crippen molar-refractivity contribution >= 4 is 50.7 Å². The number of amides is 2. The molecule has 0 radical (unpaired) electrons. The molecule has 224 valence electrons. The summed E-state index contributed by atoms with van der Waals surface area (Å²) in [6.45, 7) is 5.97. The standard InChI is InChI=1S/C27H34N8O6S/c1-27(2,3)41-25(36)29-10-11-33(4)21-9-6-19(12-17(21)16-42(5,39)40)31-22-13-23(34(26(37)38)20-7-8-20)35-24(32-22)18(14-28)15-30-35/h6,9,12-13,15,20H,7-8,10-11,16H2,1-5H3,(H,29,36)(H,31,32)(H,37,38). The zero-order chi connectivity index (χ0) is 30.8. The van der Waals surface area contributed by atoms with Crippen LogP contribution in [0, 0.1) is 11.3 Å². The predicted octanol–water partition coefficient (Wildman–Crippen LogP) is 3.50. The number of rotatable bonds is 10. The van der Waals surface area contributed by atoms with Gasteiger partial charge in [-0.15, -0.1) is 0 Å². The number of benzene rings is 1. The Kier molecular flexibility index (Phi) is 8.48. The molecule has 15 heteroatoms. The molecule has 0 aliphatic heterocycles. The molecule has 1 aliphatic carbocycles. The van der Waals surface area contributed by atoms with E-state index in [0.29, 0.717) is 36.3 Å². The minimum atomic E-state index is -3.42. The monoisotopic (exact) mass is 598 g/mol. The summed E-state index contributed by atoms with van der Waals surface area (Å²) in [5, 5.41) is 29.5. The van der Waals surface area contributed by atoms with Crippen LogP contribution in [-0.2, 0) is 20.3 Å². The van der Waals surface area contributed by atoms with Gasteiger partial charge in [0.15, 0.2) is 15.5 Å². The number of alkyl carbamates (subject to hydrolysis) is 1. The fourth-order valence-electron chi connectivity index (χ4n) is 4.38. The highest BCUT2D eigenvalue weighted by molar-refractivity contribution is 7.89. The Balaban J connectivity index is 1.62. The summed E-state index contributed by atoms with van der Waals surface area (Å²) < 4.78 is 31.2. The van der Waals surface area contributed by atoms with Gasteiger partial charge in [-0.3, -0.25) is 4.90 Å². The number of ether oxygens (including phenoxy) is 1. The molecule has 14 nitrogen and oxygen atoms in total. The molecule has 2 amide bonds. The first-order chi connectivity index (χ1) is 19.6. The maximum absolute atomic E-state index is 12.3. The number of carbonyl (C=O) groups excluding carboxylic acids is 1. The van der Waals surface area contributed by atoms with E-state index in [2.05, 4.69) is 20.7 Å². The van der Waals surface area contributed by atoms with E-state index in [1.807, 2.05) is 11.0 Å². The van der Waals surface area contributed by atoms with Crippen LogP contribution >= 0.6 is 0 Å². The third-order valence-corrected chi connectivity index (χ3v) is 7.07. The highest BCUT2D eigenvalue weighted by atomic mass is 32.2. The topological polar surface area (TPSA) is 182 Å². The van der Waals surface area contributed by atoms with Gasteiger partial charge < -0.3 is 25.4 Å². The van der Waals surface area contributed by atoms with Crippen LogP contribution in [0.25, 0.3) is 5.65 Å². The third kappa shape index (κ3) is 7.58. The maximum atomic E-state index is 12.3. The van der Waals surface area contributed by atoms with E-state index in [0.717, 1.165) is 6.26 Å². The van der Waals surface area contributed by atoms with Crippen molar-refractivity contribution in [1.29, 1.82) is 5.26 Å². The molecule has 2 aromatic heterocycles. The molecule has 0 spiro atoms. The first-order valence-corrected chi connectivity index (χ1v) is 15.3. The Labute approximate surface area is 243 Å². The lowest BCUT2D eigenvalue weighted by Gasteiger charge is -2.24. The zero-order valence-corrected chi connectivity index (χ0v) is 24.9. The van der Waals surface area contributed by atoms with E-state index in [1.165, 1.54) is 21.7 Å². The van der Waals surface area contributed by atoms with Gasteiger partial charge in [-0.05, 0) is 57.4 Å². The summed E-state index contributed by atoms with van der Waals surface area (Å²) in [7, 11) is -1.63. The van der Waals surface area contributed by atoms with Gasteiger partial charge >= 0.3 is 12.2 Å². The average molecular weight is 599 g/mol. The number of hydrogen-bond acceptors (Lipinski definition) is 10. The van der Waals surface area contributed by atoms with E-state index < -0.39 is 27.6 Å². The van der Waals surface area contributed by atoms with Crippen LogP contribution in [0.2, 0.25) is 0 Å². The van der Waals surface area contributed by atoms with E-state index in [4.69, 9.17) is 4.74 Å². The number of aromatic nitrogens is 3. The minimum Gasteiger partial charge on any atom is -0.465 e. The summed E-state index contributed by atoms with van der Waals surface area (Å²) in [4.78, 5) is 31.6. The number of nitrogens with zero attached hydrogens (tertiary/aromatic N) is 6. The molecule has 1 aliphatic rings. The van der Waals surface area contributed by atoms with Gasteiger partial charge in [0, 0.05) is 49.9 Å². The molecular weight excluding hydrogens is 564 g/mol. The lowest BCUT2D eigenvalue weighted by Crippen LogP contribution is -2.37. The van der Waals surface area contributed by atoms with Gasteiger partial charge in [-0.25, -0.2) is 23.0 Å². The molecule has 3 aromatic rings. The number of fused-ring (bicyclic) bond motifs is 1. The van der Waals surface area contributed by atoms with Gasteiger partial charge in [0.1, 0.15) is 28.9 Å². The number of hydrogen-bond donors (Lipinski definition) is 3. The summed E-state index contributed by atoms with van der Waals surface area (Å²) in [6.07, 6.45) is 2.20. The van der Waals surface area contributed by atoms with E-state index in [-0.39, 0.29) is 41.2 Å². The van der Waals surface area contributed by atoms with Crippen molar-refractivity contribution in [3.63, 3.8) is 0 Å². The van der Waals surface area contributed by atoms with Crippen LogP contribution in [0.15, 0.2) is 30.5 Å². The molecule has 42 heavy (non-hydrogen) atoms. The van der Waals surface area contributed by atoms with Gasteiger partial charge in [0.2, 0.25) is 0 Å². The van der Waals surface area contributed by atoms with Crippen molar-refractivity contribution in [2.75, 3.05) is 41.5 Å². The average Bonchev–Trinajstić information content (AvgIpc) is 3.59. The van der Waals surface area contributed by atoms with Crippen molar-refractivity contribution < 1.29 is 27.9 Å². The first-order valence-electron chi connectivity index (χ1n) is 13.2. The van der Waals surface area contributed by atoms with Crippen molar-refractivity contribution in [3.05, 3.63) is 41.6 Å². The highest BCUT2D eigenvalue weighted by Gasteiger charge is 2.36. The van der Waals surface area contributed by atoms with Gasteiger partial charge in [0.25, 0.3) is 0 Å². The fraction of sp³-hybridized carbons (Fsp3) is 0.444. The lowest BCUT2D eigenvalue weighted by molar-refractivity contribution is 0.0529. The van der Waals surface area contributed by atoms with Crippen LogP contribution in [-0.4, -0.2) is 78.3 Å². The Morgan fingerprint density at radius 2 is 1.98 bits per heavy atom. The second-order valence-electron chi connectivity index (χ2n) is 11.2. The van der Waals surface area contributed by atoms with Crippen LogP contribution in [0.4, 0.5) is 32.6 Å². The van der Waals surface area contributed by atoms with Crippen LogP contribution < -0.4 is 20.4 Å². The lowest BCUT2D eigenvalue weighted by atomic mass is 10.1. The first kappa shape index (κ1) is 30.4. The SMILES string of the molecule is CN(CCNC(=O)OC(C)(C)C)c1ccc(Nc2cc(N(C(=O)O)C3CC3)n3ncc(C#N)c3n2)cc1CS(C)(=O)=O. The number of likely N-dealkylation sites (N-methyl/N-ethyl adjacent to an activating group) is 1. The maximum Gasteiger partial charge on any atom is 0.413 e. The van der Waals surface area contributed by atoms with Crippen molar-refractivity contribution in [2.45, 2.75) is 51.0 Å². The van der Waals surface area contributed by atoms with Crippen molar-refractivity contribution in [3.8, 4) is 6.07 Å². The molecular formula is C27H34N8O6S. The molecule has 1 saturated carbocycles. The van der Waals surface area contributed by atoms with E-state index in [1.54, 1.807) is 46.0 Å². The van der Waals surface area contributed by atoms with Gasteiger partial charge in [-0.1, -0.05) is 0 Å². The van der Waals surface area contributed by atoms with Crippen LogP contribution in [0.1, 0.15) is 44.7 Å². The van der Waals surface area contributed by atoms with E-state index in [9.17, 15) is 28.4 Å². The van der Waals surface area contributed by atoms with E-state index >= 15 is 0 Å². The predicted molar refractivity (Wildman–Crippen MR) is 157 cm³/mol. The molecule has 3 N–H and O–H groups in total. The number of nitrogens with one attached hydrogen (secondary N) is 2. The Bertz CT molecular complexity index is 1650. The second-order valence-corrected chi connectivity index (χ2v) is 13.3. The Morgan fingerprint density at radius 1 is 1.26 bits per heavy atom. The number of nitriles is 1. The largest absolute Gasteiger partial charge is 0.465 e. The minimum absolute atomic E-state index is 0.177. The van der Waals surface area contributed by atoms with Crippen molar-refractivity contribution in [2.24, 2.45) is 0 Å². The Morgan fingerprint density at radius 3 is 2.57 bits per heavy atom. The smallest absolute Gasteiger partial charge is 0.413 e. The van der Waals surface area contributed by atoms with Crippen LogP contribution in [0.3, 0.4) is 0 Å². The van der Waals surface area contributed by atoms with Gasteiger partial charge in [0.05, 0.1) is 11.9 Å². The molecule has 0 bridgehead atoms. The molecule has 1 aromatic carbocycles. The zero-order valence-electron chi connectivity index (χ0n) is 24.1. The molecule has 0 unspecified atom stereocenters. The second kappa shape index (κ2) is 11.7. The summed E-state index contributed by atoms with van der Waals surface area (Å²) >= 11 is 0. The molecule has 2 heterocycles. The summed E-state index contributed by atoms with van der Waals surface area (Å²) in [6, 6.07) is 8.53. The van der Waals surface area contributed by atoms with Gasteiger partial charge in [-0.2, -0.15) is 14.9 Å². The molecule has 0 atom stereocenters. The Hall–Kier alpha value is -4.58. The third-order valence-electron chi connectivity index (χ3n) is 6.23. The van der Waals surface area contributed by atoms with Crippen molar-refractivity contribution in [1.82, 2.24) is 19.9 Å². The van der Waals surface area contributed by atoms with Crippen LogP contribution in [0.5, 0.6) is 0 Å². The summed E-state index contributed by atoms with van der Waals surface area (Å²) in [5.74, 6) is 0.258. The molecule has 1 fully saturated rings. The number of carboxylic acid groups (broad SMARTS) is 1. The highest BCUT2D eigenvalue weighted by Crippen LogP contribution is 2.34. The number of sulfone groups is 1. The number of anilines is 4.